The van der Waals surface area contributed by atoms with Gasteiger partial charge in [0, 0.05) is 27.9 Å². The molecule has 1 aromatic heterocycles. The number of nitrogens with one attached hydrogen (secondary N) is 3. The number of thioether (sulfide) groups is 1. The molecule has 0 bridgehead atoms. The average molecular weight is 618 g/mol. The molecule has 4 aromatic carbocycles. The van der Waals surface area contributed by atoms with Crippen molar-refractivity contribution in [3.63, 3.8) is 0 Å². The summed E-state index contributed by atoms with van der Waals surface area (Å²) in [6.07, 6.45) is 2.95. The number of ether oxygens (including phenoxy) is 1. The lowest BCUT2D eigenvalue weighted by molar-refractivity contribution is -0.116. The molecule has 0 aliphatic carbocycles. The molecular formula is C36H31N3O5S. The zero-order chi connectivity index (χ0) is 31.4. The summed E-state index contributed by atoms with van der Waals surface area (Å²) in [6.45, 7) is 2.48. The Hall–Kier alpha value is -5.54. The lowest BCUT2D eigenvalue weighted by atomic mass is 10.1. The first kappa shape index (κ1) is 30.9. The van der Waals surface area contributed by atoms with Crippen LogP contribution in [0, 0.1) is 0 Å². The molecule has 5 aromatic rings. The molecule has 0 aliphatic heterocycles. The maximum Gasteiger partial charge on any atom is 0.272 e. The summed E-state index contributed by atoms with van der Waals surface area (Å²) in [5.41, 5.74) is 2.47. The van der Waals surface area contributed by atoms with Crippen LogP contribution in [0.3, 0.4) is 0 Å². The van der Waals surface area contributed by atoms with Gasteiger partial charge >= 0.3 is 0 Å². The van der Waals surface area contributed by atoms with Gasteiger partial charge in [0.25, 0.3) is 11.8 Å². The Morgan fingerprint density at radius 3 is 2.07 bits per heavy atom. The van der Waals surface area contributed by atoms with Gasteiger partial charge in [-0.1, -0.05) is 48.5 Å². The SMILES string of the molecule is CCOc1ccc(NC(=O)C(Sc2ccc(NC(=O)/C(=C/c3ccco3)NC(=O)c3ccccc3)cc2)c2ccccc2)cc1. The van der Waals surface area contributed by atoms with E-state index in [4.69, 9.17) is 9.15 Å². The Morgan fingerprint density at radius 2 is 1.42 bits per heavy atom. The molecule has 1 unspecified atom stereocenters. The van der Waals surface area contributed by atoms with E-state index in [1.165, 1.54) is 24.1 Å². The number of anilines is 2. The molecule has 0 fully saturated rings. The number of carbonyl (C=O) groups excluding carboxylic acids is 3. The normalized spacial score (nSPS) is 11.7. The highest BCUT2D eigenvalue weighted by atomic mass is 32.2. The van der Waals surface area contributed by atoms with Crippen LogP contribution < -0.4 is 20.7 Å². The van der Waals surface area contributed by atoms with Crippen LogP contribution in [-0.2, 0) is 9.59 Å². The number of carbonyl (C=O) groups is 3. The second-order valence-corrected chi connectivity index (χ2v) is 10.9. The molecule has 1 atom stereocenters. The number of furan rings is 1. The van der Waals surface area contributed by atoms with Crippen molar-refractivity contribution >= 4 is 46.9 Å². The van der Waals surface area contributed by atoms with Gasteiger partial charge in [-0.2, -0.15) is 0 Å². The summed E-state index contributed by atoms with van der Waals surface area (Å²) < 4.78 is 10.9. The van der Waals surface area contributed by atoms with Crippen LogP contribution in [0.5, 0.6) is 5.75 Å². The van der Waals surface area contributed by atoms with Gasteiger partial charge in [0.05, 0.1) is 12.9 Å². The first-order chi connectivity index (χ1) is 22.0. The molecule has 5 rings (SSSR count). The molecule has 8 nitrogen and oxygen atoms in total. The molecule has 3 N–H and O–H groups in total. The molecule has 0 radical (unpaired) electrons. The Kier molecular flexibility index (Phi) is 10.5. The number of benzene rings is 4. The highest BCUT2D eigenvalue weighted by Crippen LogP contribution is 2.37. The van der Waals surface area contributed by atoms with Crippen LogP contribution in [-0.4, -0.2) is 24.3 Å². The molecule has 226 valence electrons. The van der Waals surface area contributed by atoms with Crippen LogP contribution in [0.1, 0.15) is 33.9 Å². The van der Waals surface area contributed by atoms with Crippen molar-refractivity contribution in [2.75, 3.05) is 17.2 Å². The molecular weight excluding hydrogens is 586 g/mol. The van der Waals surface area contributed by atoms with Crippen molar-refractivity contribution in [2.45, 2.75) is 17.1 Å². The Bertz CT molecular complexity index is 1740. The largest absolute Gasteiger partial charge is 0.494 e. The van der Waals surface area contributed by atoms with Crippen molar-refractivity contribution in [1.29, 1.82) is 0 Å². The monoisotopic (exact) mass is 617 g/mol. The van der Waals surface area contributed by atoms with Crippen molar-refractivity contribution in [1.82, 2.24) is 5.32 Å². The van der Waals surface area contributed by atoms with Crippen molar-refractivity contribution < 1.29 is 23.5 Å². The summed E-state index contributed by atoms with van der Waals surface area (Å²) in [5, 5.41) is 7.99. The van der Waals surface area contributed by atoms with E-state index >= 15 is 0 Å². The van der Waals surface area contributed by atoms with Crippen LogP contribution in [0.2, 0.25) is 0 Å². The highest BCUT2D eigenvalue weighted by molar-refractivity contribution is 8.00. The van der Waals surface area contributed by atoms with Gasteiger partial charge in [0.1, 0.15) is 22.5 Å². The van der Waals surface area contributed by atoms with Gasteiger partial charge < -0.3 is 25.1 Å². The zero-order valence-electron chi connectivity index (χ0n) is 24.4. The van der Waals surface area contributed by atoms with Crippen LogP contribution in [0.25, 0.3) is 6.08 Å². The summed E-state index contributed by atoms with van der Waals surface area (Å²) in [7, 11) is 0. The minimum atomic E-state index is -0.533. The van der Waals surface area contributed by atoms with Crippen molar-refractivity contribution in [3.05, 3.63) is 150 Å². The van der Waals surface area contributed by atoms with Crippen LogP contribution in [0.4, 0.5) is 11.4 Å². The number of hydrogen-bond acceptors (Lipinski definition) is 6. The van der Waals surface area contributed by atoms with Gasteiger partial charge in [-0.3, -0.25) is 14.4 Å². The molecule has 0 saturated heterocycles. The first-order valence-electron chi connectivity index (χ1n) is 14.3. The Morgan fingerprint density at radius 1 is 0.778 bits per heavy atom. The molecule has 3 amide bonds. The van der Waals surface area contributed by atoms with Gasteiger partial charge in [-0.15, -0.1) is 11.8 Å². The van der Waals surface area contributed by atoms with E-state index in [0.29, 0.717) is 29.3 Å². The van der Waals surface area contributed by atoms with E-state index in [2.05, 4.69) is 16.0 Å². The van der Waals surface area contributed by atoms with E-state index in [0.717, 1.165) is 16.2 Å². The zero-order valence-corrected chi connectivity index (χ0v) is 25.3. The third-order valence-electron chi connectivity index (χ3n) is 6.50. The molecule has 0 aliphatic rings. The minimum absolute atomic E-state index is 0.0207. The molecule has 9 heteroatoms. The van der Waals surface area contributed by atoms with E-state index < -0.39 is 17.1 Å². The Labute approximate surface area is 265 Å². The highest BCUT2D eigenvalue weighted by Gasteiger charge is 2.23. The van der Waals surface area contributed by atoms with Gasteiger partial charge in [0.2, 0.25) is 5.91 Å². The van der Waals surface area contributed by atoms with Gasteiger partial charge in [-0.05, 0) is 85.3 Å². The molecule has 45 heavy (non-hydrogen) atoms. The fourth-order valence-electron chi connectivity index (χ4n) is 4.32. The third-order valence-corrected chi connectivity index (χ3v) is 7.76. The average Bonchev–Trinajstić information content (AvgIpc) is 3.59. The molecule has 1 heterocycles. The quantitative estimate of drug-likeness (QED) is 0.0985. The van der Waals surface area contributed by atoms with Crippen LogP contribution in [0.15, 0.2) is 143 Å². The number of hydrogen-bond donors (Lipinski definition) is 3. The minimum Gasteiger partial charge on any atom is -0.494 e. The third kappa shape index (κ3) is 8.75. The second-order valence-electron chi connectivity index (χ2n) is 9.73. The van der Waals surface area contributed by atoms with Gasteiger partial charge in [-0.25, -0.2) is 0 Å². The maximum absolute atomic E-state index is 13.5. The van der Waals surface area contributed by atoms with E-state index in [1.54, 1.807) is 54.6 Å². The smallest absolute Gasteiger partial charge is 0.272 e. The van der Waals surface area contributed by atoms with Crippen molar-refractivity contribution in [3.8, 4) is 5.75 Å². The number of amides is 3. The molecule has 0 spiro atoms. The second kappa shape index (κ2) is 15.3. The summed E-state index contributed by atoms with van der Waals surface area (Å²) in [4.78, 5) is 40.4. The predicted molar refractivity (Wildman–Crippen MR) is 177 cm³/mol. The fraction of sp³-hybridized carbons (Fsp3) is 0.0833. The topological polar surface area (TPSA) is 110 Å². The fourth-order valence-corrected chi connectivity index (χ4v) is 5.34. The van der Waals surface area contributed by atoms with E-state index in [1.807, 2.05) is 73.7 Å². The maximum atomic E-state index is 13.5. The summed E-state index contributed by atoms with van der Waals surface area (Å²) in [6, 6.07) is 36.0. The molecule has 0 saturated carbocycles. The van der Waals surface area contributed by atoms with E-state index in [9.17, 15) is 14.4 Å². The van der Waals surface area contributed by atoms with Gasteiger partial charge in [0.15, 0.2) is 0 Å². The lowest BCUT2D eigenvalue weighted by Gasteiger charge is -2.18. The number of rotatable bonds is 12. The summed E-state index contributed by atoms with van der Waals surface area (Å²) >= 11 is 1.39. The lowest BCUT2D eigenvalue weighted by Crippen LogP contribution is -2.30. The summed E-state index contributed by atoms with van der Waals surface area (Å²) in [5.74, 6) is 0.0305. The first-order valence-corrected chi connectivity index (χ1v) is 15.1. The predicted octanol–water partition coefficient (Wildman–Crippen LogP) is 7.56. The standard InChI is InChI=1S/C36H31N3O5S/c1-2-43-29-19-15-27(16-20-29)38-36(42)33(25-10-5-3-6-11-25)45-31-21-17-28(18-22-31)37-35(41)32(24-30-14-9-23-44-30)39-34(40)26-12-7-4-8-13-26/h3-24,33H,2H2,1H3,(H,37,41)(H,38,42)(H,39,40)/b32-24-. The Balaban J connectivity index is 1.29. The van der Waals surface area contributed by atoms with Crippen molar-refractivity contribution in [2.24, 2.45) is 0 Å². The van der Waals surface area contributed by atoms with E-state index in [-0.39, 0.29) is 11.6 Å². The van der Waals surface area contributed by atoms with Crippen LogP contribution >= 0.6 is 11.8 Å².